The predicted molar refractivity (Wildman–Crippen MR) is 128 cm³/mol. The summed E-state index contributed by atoms with van der Waals surface area (Å²) in [5, 5.41) is 11.0. The van der Waals surface area contributed by atoms with Gasteiger partial charge in [-0.25, -0.2) is 15.5 Å². The molecule has 12 heteroatoms. The van der Waals surface area contributed by atoms with Crippen LogP contribution in [0.5, 0.6) is 5.75 Å². The summed E-state index contributed by atoms with van der Waals surface area (Å²) < 4.78 is 5.19. The van der Waals surface area contributed by atoms with Gasteiger partial charge >= 0.3 is 18.9 Å². The van der Waals surface area contributed by atoms with Crippen LogP contribution in [0.25, 0.3) is 5.32 Å². The molecule has 5 rings (SSSR count). The van der Waals surface area contributed by atoms with Gasteiger partial charge in [-0.05, 0) is 42.2 Å². The van der Waals surface area contributed by atoms with Gasteiger partial charge in [-0.3, -0.25) is 10.2 Å². The normalized spacial score (nSPS) is 15.5. The standard InChI is InChI=1S/C24H24N8O3.Li/c1-35-17-4-2-3-14(9-17)12-25-24(34)20-11-21(27-13-26-20)28-23(33)19-8-5-15-10-16(6-7-18(15)19)22-29-31-32-30-22;/h2-4,6-7,9-11,13,19H,5,8,12H2,1H3,(H5,25,26,27,28,29,30,31,32,33,34);/q;+1/p-1/t19-;/m0./s1. The van der Waals surface area contributed by atoms with E-state index in [9.17, 15) is 9.59 Å². The van der Waals surface area contributed by atoms with Crippen LogP contribution in [0.2, 0.25) is 0 Å². The summed E-state index contributed by atoms with van der Waals surface area (Å²) >= 11 is 0. The average Bonchev–Trinajstić information content (AvgIpc) is 3.57. The number of amides is 2. The number of aryl methyl sites for hydroxylation is 1. The maximum Gasteiger partial charge on any atom is 1.00 e. The Kier molecular flexibility index (Phi) is 7.85. The van der Waals surface area contributed by atoms with Gasteiger partial charge < -0.3 is 20.2 Å². The van der Waals surface area contributed by atoms with Crippen molar-refractivity contribution in [1.82, 2.24) is 26.5 Å². The molecule has 11 nitrogen and oxygen atoms in total. The maximum absolute atomic E-state index is 13.0. The Morgan fingerprint density at radius 3 is 2.86 bits per heavy atom. The molecule has 2 aromatic carbocycles. The van der Waals surface area contributed by atoms with Crippen molar-refractivity contribution in [2.45, 2.75) is 25.3 Å². The number of hydrazone groups is 1. The van der Waals surface area contributed by atoms with Crippen molar-refractivity contribution < 1.29 is 33.2 Å². The summed E-state index contributed by atoms with van der Waals surface area (Å²) in [6.45, 7) is 0.191. The van der Waals surface area contributed by atoms with Crippen molar-refractivity contribution in [2.75, 3.05) is 12.4 Å². The molecular formula is C24H23LiN8O3. The molecule has 178 valence electrons. The molecule has 4 N–H and O–H groups in total. The summed E-state index contributed by atoms with van der Waals surface area (Å²) in [5.74, 6) is 0.673. The quantitative estimate of drug-likeness (QED) is 0.322. The smallest absolute Gasteiger partial charge is 0.644 e. The zero-order valence-corrected chi connectivity index (χ0v) is 19.9. The SMILES string of the molecule is COc1cccc(C[N-]C(=O)c2cc(NC(=O)[C@H]3CCc4cc(C5=NNNN5)ccc43)ncn2)c1.[Li+]. The fourth-order valence-electron chi connectivity index (χ4n) is 4.14. The zero-order chi connectivity index (χ0) is 24.2. The number of rotatable bonds is 7. The molecular weight excluding hydrogens is 455 g/mol. The molecule has 1 aliphatic carbocycles. The van der Waals surface area contributed by atoms with Gasteiger partial charge in [-0.1, -0.05) is 29.8 Å². The molecule has 0 unspecified atom stereocenters. The van der Waals surface area contributed by atoms with Gasteiger partial charge in [0.25, 0.3) is 0 Å². The number of fused-ring (bicyclic) bond motifs is 1. The fourth-order valence-corrected chi connectivity index (χ4v) is 4.14. The second-order valence-corrected chi connectivity index (χ2v) is 8.08. The number of hydrazine groups is 2. The van der Waals surface area contributed by atoms with Crippen LogP contribution < -0.4 is 45.4 Å². The van der Waals surface area contributed by atoms with E-state index in [0.29, 0.717) is 18.0 Å². The number of hydrogen-bond acceptors (Lipinski definition) is 9. The Bertz CT molecular complexity index is 1320. The van der Waals surface area contributed by atoms with E-state index in [1.54, 1.807) is 7.11 Å². The number of benzene rings is 2. The molecule has 2 heterocycles. The van der Waals surface area contributed by atoms with Crippen molar-refractivity contribution in [3.63, 3.8) is 0 Å². The minimum Gasteiger partial charge on any atom is -0.644 e. The van der Waals surface area contributed by atoms with E-state index in [4.69, 9.17) is 4.74 Å². The first-order valence-corrected chi connectivity index (χ1v) is 11.1. The molecule has 2 amide bonds. The van der Waals surface area contributed by atoms with Crippen LogP contribution in [-0.2, 0) is 17.8 Å². The van der Waals surface area contributed by atoms with Crippen LogP contribution in [0.15, 0.2) is 60.0 Å². The molecule has 0 saturated heterocycles. The summed E-state index contributed by atoms with van der Waals surface area (Å²) in [5.41, 5.74) is 12.2. The number of anilines is 1. The van der Waals surface area contributed by atoms with Crippen LogP contribution in [0, 0.1) is 0 Å². The number of methoxy groups -OCH3 is 1. The predicted octanol–water partition coefficient (Wildman–Crippen LogP) is -0.854. The van der Waals surface area contributed by atoms with E-state index in [2.05, 4.69) is 42.2 Å². The third-order valence-electron chi connectivity index (χ3n) is 5.89. The van der Waals surface area contributed by atoms with Crippen LogP contribution in [0.1, 0.15) is 45.1 Å². The average molecular weight is 478 g/mol. The number of nitrogens with zero attached hydrogens (tertiary/aromatic N) is 4. The van der Waals surface area contributed by atoms with Crippen LogP contribution >= 0.6 is 0 Å². The van der Waals surface area contributed by atoms with Crippen LogP contribution in [0.4, 0.5) is 5.82 Å². The Balaban J connectivity index is 0.00000304. The summed E-state index contributed by atoms with van der Waals surface area (Å²) in [6, 6.07) is 14.7. The van der Waals surface area contributed by atoms with Crippen molar-refractivity contribution in [3.8, 4) is 5.75 Å². The molecule has 36 heavy (non-hydrogen) atoms. The van der Waals surface area contributed by atoms with E-state index < -0.39 is 5.91 Å². The van der Waals surface area contributed by atoms with Gasteiger partial charge in [0.05, 0.1) is 18.7 Å². The molecule has 0 spiro atoms. The molecule has 1 atom stereocenters. The molecule has 1 aliphatic heterocycles. The van der Waals surface area contributed by atoms with Gasteiger partial charge in [-0.15, -0.1) is 17.2 Å². The van der Waals surface area contributed by atoms with Gasteiger partial charge in [0.2, 0.25) is 5.91 Å². The Hall–Kier alpha value is -3.91. The maximum atomic E-state index is 13.0. The second kappa shape index (κ2) is 11.2. The first-order valence-electron chi connectivity index (χ1n) is 11.1. The number of carbonyl (C=O) groups is 2. The van der Waals surface area contributed by atoms with E-state index in [-0.39, 0.29) is 48.7 Å². The monoisotopic (exact) mass is 478 g/mol. The third kappa shape index (κ3) is 5.49. The number of aromatic nitrogens is 2. The number of hydrogen-bond donors (Lipinski definition) is 4. The van der Waals surface area contributed by atoms with E-state index in [1.807, 2.05) is 42.5 Å². The van der Waals surface area contributed by atoms with Crippen LogP contribution in [0.3, 0.4) is 0 Å². The Morgan fingerprint density at radius 2 is 2.06 bits per heavy atom. The number of ether oxygens (including phenoxy) is 1. The van der Waals surface area contributed by atoms with Crippen molar-refractivity contribution in [2.24, 2.45) is 5.10 Å². The van der Waals surface area contributed by atoms with Crippen LogP contribution in [-0.4, -0.2) is 34.7 Å². The zero-order valence-electron chi connectivity index (χ0n) is 19.9. The first kappa shape index (κ1) is 25.2. The first-order chi connectivity index (χ1) is 17.1. The number of amidine groups is 1. The van der Waals surface area contributed by atoms with Crippen molar-refractivity contribution in [1.29, 1.82) is 0 Å². The van der Waals surface area contributed by atoms with E-state index in [1.165, 1.54) is 12.4 Å². The Morgan fingerprint density at radius 1 is 1.17 bits per heavy atom. The molecule has 1 aromatic heterocycles. The minimum atomic E-state index is -0.489. The van der Waals surface area contributed by atoms with Crippen molar-refractivity contribution >= 4 is 23.5 Å². The summed E-state index contributed by atoms with van der Waals surface area (Å²) in [6.07, 6.45) is 2.72. The van der Waals surface area contributed by atoms with Gasteiger partial charge in [-0.2, -0.15) is 0 Å². The van der Waals surface area contributed by atoms with Gasteiger partial charge in [0.1, 0.15) is 23.8 Å². The Labute approximate surface area is 219 Å². The van der Waals surface area contributed by atoms with Gasteiger partial charge in [0.15, 0.2) is 5.84 Å². The molecule has 3 aromatic rings. The third-order valence-corrected chi connectivity index (χ3v) is 5.89. The van der Waals surface area contributed by atoms with Crippen molar-refractivity contribution in [3.05, 3.63) is 88.1 Å². The largest absolute Gasteiger partial charge is 1.00 e. The molecule has 0 radical (unpaired) electrons. The number of nitrogens with one attached hydrogen (secondary N) is 4. The fraction of sp³-hybridized carbons (Fsp3) is 0.208. The molecule has 0 fully saturated rings. The van der Waals surface area contributed by atoms with Gasteiger partial charge in [0, 0.05) is 11.6 Å². The second-order valence-electron chi connectivity index (χ2n) is 8.08. The van der Waals surface area contributed by atoms with E-state index >= 15 is 0 Å². The molecule has 0 bridgehead atoms. The summed E-state index contributed by atoms with van der Waals surface area (Å²) in [4.78, 5) is 33.7. The summed E-state index contributed by atoms with van der Waals surface area (Å²) in [7, 11) is 1.58. The molecule has 2 aliphatic rings. The molecule has 0 saturated carbocycles. The van der Waals surface area contributed by atoms with E-state index in [0.717, 1.165) is 28.7 Å². The topological polar surface area (TPSA) is 144 Å². The number of carbonyl (C=O) groups excluding carboxylic acids is 2. The minimum absolute atomic E-state index is 0.